The highest BCUT2D eigenvalue weighted by Crippen LogP contribution is 2.27. The van der Waals surface area contributed by atoms with Crippen LogP contribution >= 0.6 is 11.3 Å². The molecule has 1 aromatic heterocycles. The van der Waals surface area contributed by atoms with E-state index in [4.69, 9.17) is 0 Å². The van der Waals surface area contributed by atoms with Crippen LogP contribution in [-0.4, -0.2) is 5.91 Å². The minimum Gasteiger partial charge on any atom is -0.347 e. The van der Waals surface area contributed by atoms with Gasteiger partial charge in [-0.25, -0.2) is 8.78 Å². The zero-order chi connectivity index (χ0) is 15.7. The summed E-state index contributed by atoms with van der Waals surface area (Å²) in [6.07, 6.45) is 0. The number of halogens is 2. The van der Waals surface area contributed by atoms with E-state index in [2.05, 4.69) is 5.32 Å². The first kappa shape index (κ1) is 14.7. The molecule has 0 saturated carbocycles. The fraction of sp³-hybridized carbons (Fsp3) is 0.118. The van der Waals surface area contributed by atoms with Gasteiger partial charge in [-0.05, 0) is 42.3 Å². The lowest BCUT2D eigenvalue weighted by molar-refractivity contribution is 0.0955. The summed E-state index contributed by atoms with van der Waals surface area (Å²) in [6, 6.07) is 11.1. The Labute approximate surface area is 130 Å². The Balaban J connectivity index is 1.75. The lowest BCUT2D eigenvalue weighted by Gasteiger charge is -2.05. The molecule has 0 radical (unpaired) electrons. The summed E-state index contributed by atoms with van der Waals surface area (Å²) < 4.78 is 27.8. The van der Waals surface area contributed by atoms with Crippen molar-refractivity contribution >= 4 is 27.3 Å². The largest absolute Gasteiger partial charge is 0.347 e. The summed E-state index contributed by atoms with van der Waals surface area (Å²) in [5.41, 5.74) is 1.25. The molecular formula is C17H13F2NOS. The van der Waals surface area contributed by atoms with E-state index in [-0.39, 0.29) is 24.1 Å². The molecule has 0 saturated heterocycles. The molecule has 22 heavy (non-hydrogen) atoms. The van der Waals surface area contributed by atoms with Crippen molar-refractivity contribution in [2.75, 3.05) is 0 Å². The maximum absolute atomic E-state index is 13.6. The molecule has 0 fully saturated rings. The number of benzene rings is 2. The van der Waals surface area contributed by atoms with Crippen molar-refractivity contribution in [3.8, 4) is 0 Å². The van der Waals surface area contributed by atoms with Gasteiger partial charge in [0.2, 0.25) is 0 Å². The number of thiophene rings is 1. The summed E-state index contributed by atoms with van der Waals surface area (Å²) in [5.74, 6) is -0.925. The van der Waals surface area contributed by atoms with Crippen molar-refractivity contribution < 1.29 is 13.6 Å². The van der Waals surface area contributed by atoms with Crippen molar-refractivity contribution in [2.24, 2.45) is 0 Å². The molecule has 0 atom stereocenters. The molecule has 0 bridgehead atoms. The fourth-order valence-electron chi connectivity index (χ4n) is 2.15. The number of fused-ring (bicyclic) bond motifs is 1. The number of hydrogen-bond donors (Lipinski definition) is 1. The van der Waals surface area contributed by atoms with Gasteiger partial charge in [0.05, 0.1) is 4.88 Å². The average Bonchev–Trinajstić information content (AvgIpc) is 2.94. The van der Waals surface area contributed by atoms with Gasteiger partial charge in [-0.2, -0.15) is 0 Å². The molecule has 0 aliphatic carbocycles. The molecule has 2 aromatic carbocycles. The third-order valence-electron chi connectivity index (χ3n) is 3.42. The van der Waals surface area contributed by atoms with E-state index in [1.165, 1.54) is 23.5 Å². The molecule has 1 heterocycles. The zero-order valence-electron chi connectivity index (χ0n) is 11.8. The quantitative estimate of drug-likeness (QED) is 0.761. The van der Waals surface area contributed by atoms with E-state index in [0.717, 1.165) is 4.70 Å². The van der Waals surface area contributed by atoms with Crippen LogP contribution in [0.25, 0.3) is 10.1 Å². The summed E-state index contributed by atoms with van der Waals surface area (Å²) in [4.78, 5) is 12.6. The highest BCUT2D eigenvalue weighted by atomic mass is 32.1. The van der Waals surface area contributed by atoms with Crippen LogP contribution in [-0.2, 0) is 6.54 Å². The molecule has 5 heteroatoms. The van der Waals surface area contributed by atoms with Crippen molar-refractivity contribution in [3.63, 3.8) is 0 Å². The third kappa shape index (κ3) is 2.85. The van der Waals surface area contributed by atoms with Crippen LogP contribution in [0.1, 0.15) is 20.8 Å². The lowest BCUT2D eigenvalue weighted by atomic mass is 10.1. The molecule has 2 nitrogen and oxygen atoms in total. The van der Waals surface area contributed by atoms with Crippen LogP contribution in [0, 0.1) is 18.6 Å². The van der Waals surface area contributed by atoms with Gasteiger partial charge in [0.1, 0.15) is 11.6 Å². The van der Waals surface area contributed by atoms with E-state index in [9.17, 15) is 13.6 Å². The van der Waals surface area contributed by atoms with Gasteiger partial charge in [0.25, 0.3) is 5.91 Å². The maximum atomic E-state index is 13.6. The summed E-state index contributed by atoms with van der Waals surface area (Å²) in [7, 11) is 0. The first-order valence-electron chi connectivity index (χ1n) is 6.76. The second-order valence-corrected chi connectivity index (χ2v) is 6.11. The van der Waals surface area contributed by atoms with Gasteiger partial charge < -0.3 is 5.32 Å². The van der Waals surface area contributed by atoms with Crippen LogP contribution in [0.5, 0.6) is 0 Å². The van der Waals surface area contributed by atoms with Crippen molar-refractivity contribution in [1.29, 1.82) is 0 Å². The standard InChI is InChI=1S/C17H13F2NOS/c1-10-5-6-11(7-14(10)19)9-20-17(21)16-8-12-13(18)3-2-4-15(12)22-16/h2-8H,9H2,1H3,(H,20,21). The van der Waals surface area contributed by atoms with Crippen LogP contribution in [0.4, 0.5) is 8.78 Å². The van der Waals surface area contributed by atoms with Gasteiger partial charge in [-0.1, -0.05) is 18.2 Å². The van der Waals surface area contributed by atoms with E-state index < -0.39 is 0 Å². The van der Waals surface area contributed by atoms with Crippen molar-refractivity contribution in [2.45, 2.75) is 13.5 Å². The second kappa shape index (κ2) is 5.85. The zero-order valence-corrected chi connectivity index (χ0v) is 12.6. The Hall–Kier alpha value is -2.27. The molecule has 0 aliphatic rings. The maximum Gasteiger partial charge on any atom is 0.261 e. The molecule has 1 N–H and O–H groups in total. The minimum atomic E-state index is -0.339. The predicted octanol–water partition coefficient (Wildman–Crippen LogP) is 4.42. The molecule has 3 rings (SSSR count). The number of amides is 1. The summed E-state index contributed by atoms with van der Waals surface area (Å²) in [5, 5.41) is 3.17. The molecule has 1 amide bonds. The Morgan fingerprint density at radius 1 is 1.14 bits per heavy atom. The van der Waals surface area contributed by atoms with Gasteiger partial charge in [-0.15, -0.1) is 11.3 Å². The Kier molecular flexibility index (Phi) is 3.90. The number of rotatable bonds is 3. The highest BCUT2D eigenvalue weighted by molar-refractivity contribution is 7.20. The van der Waals surface area contributed by atoms with Crippen molar-refractivity contribution in [3.05, 3.63) is 70.1 Å². The first-order valence-corrected chi connectivity index (χ1v) is 7.57. The number of nitrogens with one attached hydrogen (secondary N) is 1. The van der Waals surface area contributed by atoms with Crippen LogP contribution < -0.4 is 5.32 Å². The van der Waals surface area contributed by atoms with Gasteiger partial charge in [-0.3, -0.25) is 4.79 Å². The number of hydrogen-bond acceptors (Lipinski definition) is 2. The highest BCUT2D eigenvalue weighted by Gasteiger charge is 2.12. The monoisotopic (exact) mass is 317 g/mol. The molecule has 112 valence electrons. The number of carbonyl (C=O) groups is 1. The molecule has 0 unspecified atom stereocenters. The summed E-state index contributed by atoms with van der Waals surface area (Å²) in [6.45, 7) is 1.91. The molecule has 0 spiro atoms. The molecular weight excluding hydrogens is 304 g/mol. The van der Waals surface area contributed by atoms with Gasteiger partial charge >= 0.3 is 0 Å². The Morgan fingerprint density at radius 2 is 1.95 bits per heavy atom. The van der Waals surface area contributed by atoms with E-state index >= 15 is 0 Å². The van der Waals surface area contributed by atoms with Crippen LogP contribution in [0.15, 0.2) is 42.5 Å². The summed E-state index contributed by atoms with van der Waals surface area (Å²) >= 11 is 1.23. The third-order valence-corrected chi connectivity index (χ3v) is 4.52. The average molecular weight is 317 g/mol. The predicted molar refractivity (Wildman–Crippen MR) is 84.1 cm³/mol. The molecule has 0 aliphatic heterocycles. The first-order chi connectivity index (χ1) is 10.5. The number of carbonyl (C=O) groups excluding carboxylic acids is 1. The molecule has 3 aromatic rings. The van der Waals surface area contributed by atoms with Gasteiger partial charge in [0.15, 0.2) is 0 Å². The Bertz CT molecular complexity index is 857. The SMILES string of the molecule is Cc1ccc(CNC(=O)c2cc3c(F)cccc3s2)cc1F. The van der Waals surface area contributed by atoms with E-state index in [1.54, 1.807) is 37.3 Å². The van der Waals surface area contributed by atoms with Crippen LogP contribution in [0.2, 0.25) is 0 Å². The van der Waals surface area contributed by atoms with Gasteiger partial charge in [0, 0.05) is 16.6 Å². The van der Waals surface area contributed by atoms with Crippen LogP contribution in [0.3, 0.4) is 0 Å². The smallest absolute Gasteiger partial charge is 0.261 e. The minimum absolute atomic E-state index is 0.229. The lowest BCUT2D eigenvalue weighted by Crippen LogP contribution is -2.21. The second-order valence-electron chi connectivity index (χ2n) is 5.03. The topological polar surface area (TPSA) is 29.1 Å². The normalized spacial score (nSPS) is 10.9. The fourth-order valence-corrected chi connectivity index (χ4v) is 3.14. The number of aryl methyl sites for hydroxylation is 1. The van der Waals surface area contributed by atoms with E-state index in [1.807, 2.05) is 0 Å². The van der Waals surface area contributed by atoms with Crippen molar-refractivity contribution in [1.82, 2.24) is 5.32 Å². The Morgan fingerprint density at radius 3 is 2.68 bits per heavy atom. The van der Waals surface area contributed by atoms with E-state index in [0.29, 0.717) is 21.4 Å².